The molecule has 0 spiro atoms. The minimum absolute atomic E-state index is 0.0396. The van der Waals surface area contributed by atoms with Crippen LogP contribution in [-0.4, -0.2) is 35.5 Å². The summed E-state index contributed by atoms with van der Waals surface area (Å²) in [5.74, 6) is -0.151. The van der Waals surface area contributed by atoms with Crippen LogP contribution in [0, 0.1) is 6.92 Å². The van der Waals surface area contributed by atoms with Gasteiger partial charge in [0.05, 0.1) is 19.1 Å². The second-order valence-corrected chi connectivity index (χ2v) is 4.96. The lowest BCUT2D eigenvalue weighted by atomic mass is 10.2. The van der Waals surface area contributed by atoms with E-state index >= 15 is 0 Å². The number of aromatic nitrogens is 1. The summed E-state index contributed by atoms with van der Waals surface area (Å²) in [4.78, 5) is 18.5. The highest BCUT2D eigenvalue weighted by molar-refractivity contribution is 7.09. The van der Waals surface area contributed by atoms with E-state index in [2.05, 4.69) is 23.7 Å². The molecule has 18 heavy (non-hydrogen) atoms. The van der Waals surface area contributed by atoms with Gasteiger partial charge in [0, 0.05) is 11.1 Å². The van der Waals surface area contributed by atoms with E-state index in [4.69, 9.17) is 4.74 Å². The first-order valence-electron chi connectivity index (χ1n) is 6.44. The minimum Gasteiger partial charge on any atom is -0.466 e. The van der Waals surface area contributed by atoms with E-state index in [1.807, 2.05) is 19.2 Å². The summed E-state index contributed by atoms with van der Waals surface area (Å²) < 4.78 is 5.05. The van der Waals surface area contributed by atoms with Gasteiger partial charge in [-0.25, -0.2) is 4.98 Å². The number of carbonyl (C=O) groups excluding carboxylic acids is 1. The highest BCUT2D eigenvalue weighted by Gasteiger charge is 2.24. The van der Waals surface area contributed by atoms with Crippen molar-refractivity contribution in [1.29, 1.82) is 0 Å². The lowest BCUT2D eigenvalue weighted by Gasteiger charge is -2.27. The first kappa shape index (κ1) is 15.1. The van der Waals surface area contributed by atoms with Gasteiger partial charge >= 0.3 is 5.97 Å². The van der Waals surface area contributed by atoms with Gasteiger partial charge in [-0.15, -0.1) is 11.3 Å². The summed E-state index contributed by atoms with van der Waals surface area (Å²) >= 11 is 1.62. The van der Waals surface area contributed by atoms with Crippen molar-refractivity contribution in [3.8, 4) is 0 Å². The van der Waals surface area contributed by atoms with Gasteiger partial charge in [0.1, 0.15) is 5.01 Å². The molecule has 102 valence electrons. The molecule has 0 aromatic carbocycles. The quantitative estimate of drug-likeness (QED) is 0.715. The predicted molar refractivity (Wildman–Crippen MR) is 73.8 cm³/mol. The summed E-state index contributed by atoms with van der Waals surface area (Å²) in [5.41, 5.74) is 1.01. The van der Waals surface area contributed by atoms with Gasteiger partial charge in [0.15, 0.2) is 0 Å². The largest absolute Gasteiger partial charge is 0.466 e. The fourth-order valence-electron chi connectivity index (χ4n) is 1.94. The van der Waals surface area contributed by atoms with Crippen LogP contribution < -0.4 is 0 Å². The van der Waals surface area contributed by atoms with Crippen LogP contribution in [0.4, 0.5) is 0 Å². The van der Waals surface area contributed by atoms with E-state index in [0.29, 0.717) is 13.0 Å². The van der Waals surface area contributed by atoms with Crippen LogP contribution in [0.25, 0.3) is 0 Å². The summed E-state index contributed by atoms with van der Waals surface area (Å²) in [7, 11) is 0. The SMILES string of the molecule is CCOC(=O)CC(c1nc(C)cs1)N(CC)CC. The zero-order valence-electron chi connectivity index (χ0n) is 11.6. The minimum atomic E-state index is -0.151. The number of aryl methyl sites for hydroxylation is 1. The maximum absolute atomic E-state index is 11.7. The summed E-state index contributed by atoms with van der Waals surface area (Å²) in [6.45, 7) is 10.2. The van der Waals surface area contributed by atoms with Crippen molar-refractivity contribution >= 4 is 17.3 Å². The van der Waals surface area contributed by atoms with Crippen LogP contribution in [-0.2, 0) is 9.53 Å². The number of thiazole rings is 1. The van der Waals surface area contributed by atoms with E-state index < -0.39 is 0 Å². The predicted octanol–water partition coefficient (Wildman–Crippen LogP) is 2.79. The fraction of sp³-hybridized carbons (Fsp3) is 0.692. The Balaban J connectivity index is 2.84. The number of hydrogen-bond donors (Lipinski definition) is 0. The molecule has 1 rings (SSSR count). The van der Waals surface area contributed by atoms with E-state index in [0.717, 1.165) is 23.8 Å². The summed E-state index contributed by atoms with van der Waals surface area (Å²) in [6, 6.07) is 0.0396. The third kappa shape index (κ3) is 4.07. The molecule has 0 saturated heterocycles. The average Bonchev–Trinajstić information content (AvgIpc) is 2.76. The molecule has 0 aliphatic rings. The van der Waals surface area contributed by atoms with Gasteiger partial charge < -0.3 is 4.74 Å². The molecule has 0 aliphatic heterocycles. The van der Waals surface area contributed by atoms with Crippen LogP contribution in [0.3, 0.4) is 0 Å². The second-order valence-electron chi connectivity index (χ2n) is 4.07. The zero-order chi connectivity index (χ0) is 13.5. The van der Waals surface area contributed by atoms with Gasteiger partial charge in [-0.2, -0.15) is 0 Å². The third-order valence-electron chi connectivity index (χ3n) is 2.84. The van der Waals surface area contributed by atoms with E-state index in [1.165, 1.54) is 0 Å². The molecule has 0 N–H and O–H groups in total. The van der Waals surface area contributed by atoms with Crippen LogP contribution in [0.15, 0.2) is 5.38 Å². The van der Waals surface area contributed by atoms with Crippen LogP contribution in [0.1, 0.15) is 43.9 Å². The molecular formula is C13H22N2O2S. The molecule has 0 saturated carbocycles. The van der Waals surface area contributed by atoms with Crippen molar-refractivity contribution < 1.29 is 9.53 Å². The first-order valence-corrected chi connectivity index (χ1v) is 7.31. The number of rotatable bonds is 7. The number of hydrogen-bond acceptors (Lipinski definition) is 5. The zero-order valence-corrected chi connectivity index (χ0v) is 12.4. The van der Waals surface area contributed by atoms with Gasteiger partial charge in [0.2, 0.25) is 0 Å². The van der Waals surface area contributed by atoms with Crippen molar-refractivity contribution in [2.75, 3.05) is 19.7 Å². The molecule has 0 bridgehead atoms. The van der Waals surface area contributed by atoms with Crippen molar-refractivity contribution in [1.82, 2.24) is 9.88 Å². The molecule has 5 heteroatoms. The third-order valence-corrected chi connectivity index (χ3v) is 3.90. The fourth-order valence-corrected chi connectivity index (χ4v) is 2.87. The molecule has 0 amide bonds. The van der Waals surface area contributed by atoms with Gasteiger partial charge in [-0.3, -0.25) is 9.69 Å². The highest BCUT2D eigenvalue weighted by Crippen LogP contribution is 2.27. The topological polar surface area (TPSA) is 42.4 Å². The molecule has 4 nitrogen and oxygen atoms in total. The molecule has 0 aliphatic carbocycles. The maximum Gasteiger partial charge on any atom is 0.307 e. The Morgan fingerprint density at radius 2 is 2.11 bits per heavy atom. The van der Waals surface area contributed by atoms with E-state index in [9.17, 15) is 4.79 Å². The molecule has 1 aromatic rings. The molecule has 1 aromatic heterocycles. The summed E-state index contributed by atoms with van der Waals surface area (Å²) in [5, 5.41) is 3.03. The van der Waals surface area contributed by atoms with Crippen molar-refractivity contribution in [2.45, 2.75) is 40.2 Å². The number of ether oxygens (including phenoxy) is 1. The maximum atomic E-state index is 11.7. The van der Waals surface area contributed by atoms with Crippen LogP contribution >= 0.6 is 11.3 Å². The van der Waals surface area contributed by atoms with Crippen molar-refractivity contribution in [2.24, 2.45) is 0 Å². The average molecular weight is 270 g/mol. The molecule has 0 fully saturated rings. The summed E-state index contributed by atoms with van der Waals surface area (Å²) in [6.07, 6.45) is 0.377. The molecule has 0 radical (unpaired) electrons. The van der Waals surface area contributed by atoms with Gasteiger partial charge in [-0.1, -0.05) is 13.8 Å². The Morgan fingerprint density at radius 1 is 1.44 bits per heavy atom. The van der Waals surface area contributed by atoms with Crippen molar-refractivity contribution in [3.05, 3.63) is 16.1 Å². The van der Waals surface area contributed by atoms with Gasteiger partial charge in [0.25, 0.3) is 0 Å². The number of carbonyl (C=O) groups is 1. The number of nitrogens with zero attached hydrogens (tertiary/aromatic N) is 2. The molecular weight excluding hydrogens is 248 g/mol. The lowest BCUT2D eigenvalue weighted by molar-refractivity contribution is -0.144. The van der Waals surface area contributed by atoms with E-state index in [-0.39, 0.29) is 12.0 Å². The Labute approximate surface area is 113 Å². The normalized spacial score (nSPS) is 12.7. The number of esters is 1. The van der Waals surface area contributed by atoms with Gasteiger partial charge in [-0.05, 0) is 26.9 Å². The van der Waals surface area contributed by atoms with Crippen LogP contribution in [0.5, 0.6) is 0 Å². The van der Waals surface area contributed by atoms with E-state index in [1.54, 1.807) is 11.3 Å². The highest BCUT2D eigenvalue weighted by atomic mass is 32.1. The van der Waals surface area contributed by atoms with Crippen molar-refractivity contribution in [3.63, 3.8) is 0 Å². The lowest BCUT2D eigenvalue weighted by Crippen LogP contribution is -2.30. The Bertz CT molecular complexity index is 375. The Kier molecular flexibility index (Phi) is 6.29. The van der Waals surface area contributed by atoms with Crippen LogP contribution in [0.2, 0.25) is 0 Å². The second kappa shape index (κ2) is 7.48. The monoisotopic (exact) mass is 270 g/mol. The standard InChI is InChI=1S/C13H22N2O2S/c1-5-15(6-2)11(8-12(16)17-7-3)13-14-10(4)9-18-13/h9,11H,5-8H2,1-4H3. The Morgan fingerprint density at radius 3 is 2.56 bits per heavy atom. The smallest absolute Gasteiger partial charge is 0.307 e. The molecule has 1 atom stereocenters. The molecule has 1 unspecified atom stereocenters. The first-order chi connectivity index (χ1) is 8.62. The molecule has 1 heterocycles. The Hall–Kier alpha value is -0.940.